The molecule has 7 heteroatoms. The van der Waals surface area contributed by atoms with Crippen molar-refractivity contribution in [3.05, 3.63) is 30.1 Å². The van der Waals surface area contributed by atoms with E-state index in [4.69, 9.17) is 0 Å². The minimum absolute atomic E-state index is 0.0366. The van der Waals surface area contributed by atoms with E-state index >= 15 is 0 Å². The first-order valence-electron chi connectivity index (χ1n) is 7.06. The molecule has 22 heavy (non-hydrogen) atoms. The number of rotatable bonds is 5. The van der Waals surface area contributed by atoms with Gasteiger partial charge in [0.15, 0.2) is 0 Å². The number of aromatic nitrogens is 1. The van der Waals surface area contributed by atoms with Crippen molar-refractivity contribution < 1.29 is 19.5 Å². The largest absolute Gasteiger partial charge is 0.480 e. The lowest BCUT2D eigenvalue weighted by Gasteiger charge is -2.25. The zero-order valence-electron chi connectivity index (χ0n) is 12.7. The molecule has 2 heterocycles. The summed E-state index contributed by atoms with van der Waals surface area (Å²) < 4.78 is 0. The van der Waals surface area contributed by atoms with Crippen LogP contribution >= 0.6 is 0 Å². The maximum Gasteiger partial charge on any atom is 0.327 e. The number of carbonyl (C=O) groups is 3. The predicted molar refractivity (Wildman–Crippen MR) is 77.8 cm³/mol. The molecule has 0 spiro atoms. The molecule has 0 unspecified atom stereocenters. The Bertz CT molecular complexity index is 602. The van der Waals surface area contributed by atoms with Gasteiger partial charge in [-0.2, -0.15) is 0 Å². The van der Waals surface area contributed by atoms with Gasteiger partial charge in [-0.15, -0.1) is 0 Å². The van der Waals surface area contributed by atoms with Crippen molar-refractivity contribution in [3.63, 3.8) is 0 Å². The van der Waals surface area contributed by atoms with Gasteiger partial charge in [0.25, 0.3) is 5.91 Å². The normalized spacial score (nSPS) is 22.8. The molecule has 7 nitrogen and oxygen atoms in total. The lowest BCUT2D eigenvalue weighted by molar-refractivity contribution is -0.148. The SMILES string of the molecule is CC(C)C[C@H](C(=O)O)N1C(=O)N[C@](C)(c2ccncc2)C1=O. The zero-order chi connectivity index (χ0) is 16.5. The van der Waals surface area contributed by atoms with Gasteiger partial charge in [0.1, 0.15) is 11.6 Å². The lowest BCUT2D eigenvalue weighted by atomic mass is 9.92. The van der Waals surface area contributed by atoms with Crippen LogP contribution in [0.2, 0.25) is 0 Å². The predicted octanol–water partition coefficient (Wildman–Crippen LogP) is 1.35. The van der Waals surface area contributed by atoms with Crippen LogP contribution in [0.5, 0.6) is 0 Å². The van der Waals surface area contributed by atoms with Gasteiger partial charge in [0.05, 0.1) is 0 Å². The molecule has 1 aromatic heterocycles. The van der Waals surface area contributed by atoms with E-state index in [0.717, 1.165) is 4.90 Å². The Morgan fingerprint density at radius 2 is 1.95 bits per heavy atom. The molecule has 1 fully saturated rings. The van der Waals surface area contributed by atoms with E-state index in [1.54, 1.807) is 19.1 Å². The highest BCUT2D eigenvalue weighted by Crippen LogP contribution is 2.30. The Hall–Kier alpha value is -2.44. The number of pyridine rings is 1. The van der Waals surface area contributed by atoms with E-state index in [1.807, 2.05) is 13.8 Å². The Labute approximate surface area is 128 Å². The summed E-state index contributed by atoms with van der Waals surface area (Å²) in [6.45, 7) is 5.25. The minimum Gasteiger partial charge on any atom is -0.480 e. The highest BCUT2D eigenvalue weighted by Gasteiger charge is 2.52. The molecule has 0 bridgehead atoms. The van der Waals surface area contributed by atoms with Crippen molar-refractivity contribution in [3.8, 4) is 0 Å². The zero-order valence-corrected chi connectivity index (χ0v) is 12.7. The summed E-state index contributed by atoms with van der Waals surface area (Å²) in [4.78, 5) is 41.1. The Balaban J connectivity index is 2.38. The Kier molecular flexibility index (Phi) is 4.16. The van der Waals surface area contributed by atoms with Crippen LogP contribution in [0.1, 0.15) is 32.8 Å². The third-order valence-corrected chi connectivity index (χ3v) is 3.77. The molecule has 2 rings (SSSR count). The first kappa shape index (κ1) is 15.9. The summed E-state index contributed by atoms with van der Waals surface area (Å²) in [6, 6.07) is 1.40. The van der Waals surface area contributed by atoms with Gasteiger partial charge >= 0.3 is 12.0 Å². The highest BCUT2D eigenvalue weighted by atomic mass is 16.4. The summed E-state index contributed by atoms with van der Waals surface area (Å²) in [7, 11) is 0. The van der Waals surface area contributed by atoms with Crippen molar-refractivity contribution in [2.45, 2.75) is 38.8 Å². The van der Waals surface area contributed by atoms with E-state index in [9.17, 15) is 19.5 Å². The minimum atomic E-state index is -1.27. The molecule has 0 saturated carbocycles. The number of carbonyl (C=O) groups excluding carboxylic acids is 2. The quantitative estimate of drug-likeness (QED) is 0.800. The van der Waals surface area contributed by atoms with Gasteiger partial charge in [0.2, 0.25) is 0 Å². The fourth-order valence-corrected chi connectivity index (χ4v) is 2.59. The summed E-state index contributed by atoms with van der Waals surface area (Å²) in [6.07, 6.45) is 3.25. The number of hydrogen-bond donors (Lipinski definition) is 2. The van der Waals surface area contributed by atoms with E-state index in [1.165, 1.54) is 12.4 Å². The Morgan fingerprint density at radius 3 is 2.45 bits per heavy atom. The number of carboxylic acid groups (broad SMARTS) is 1. The van der Waals surface area contributed by atoms with Crippen molar-refractivity contribution >= 4 is 17.9 Å². The van der Waals surface area contributed by atoms with Gasteiger partial charge in [0, 0.05) is 12.4 Å². The van der Waals surface area contributed by atoms with Gasteiger partial charge in [-0.05, 0) is 37.0 Å². The third-order valence-electron chi connectivity index (χ3n) is 3.77. The van der Waals surface area contributed by atoms with Crippen LogP contribution in [-0.2, 0) is 15.1 Å². The third kappa shape index (κ3) is 2.66. The molecule has 2 N–H and O–H groups in total. The molecule has 0 aliphatic carbocycles. The van der Waals surface area contributed by atoms with Crippen LogP contribution in [0, 0.1) is 5.92 Å². The number of nitrogens with one attached hydrogen (secondary N) is 1. The average molecular weight is 305 g/mol. The van der Waals surface area contributed by atoms with E-state index in [-0.39, 0.29) is 12.3 Å². The summed E-state index contributed by atoms with van der Waals surface area (Å²) in [5.74, 6) is -1.71. The van der Waals surface area contributed by atoms with E-state index < -0.39 is 29.5 Å². The van der Waals surface area contributed by atoms with Gasteiger partial charge in [-0.25, -0.2) is 14.5 Å². The van der Waals surface area contributed by atoms with Crippen LogP contribution in [0.15, 0.2) is 24.5 Å². The van der Waals surface area contributed by atoms with Crippen molar-refractivity contribution in [1.29, 1.82) is 0 Å². The molecular formula is C15H19N3O4. The first-order chi connectivity index (χ1) is 10.3. The van der Waals surface area contributed by atoms with Crippen molar-refractivity contribution in [2.75, 3.05) is 0 Å². The maximum absolute atomic E-state index is 12.7. The standard InChI is InChI=1S/C15H19N3O4/c1-9(2)8-11(12(19)20)18-13(21)15(3,17-14(18)22)10-4-6-16-7-5-10/h4-7,9,11H,8H2,1-3H3,(H,17,22)(H,19,20)/t11-,15-/m1/s1. The molecule has 0 aromatic carbocycles. The second-order valence-electron chi connectivity index (χ2n) is 5.95. The number of carboxylic acids is 1. The summed E-state index contributed by atoms with van der Waals surface area (Å²) in [5, 5.41) is 12.0. The van der Waals surface area contributed by atoms with Gasteiger partial charge < -0.3 is 10.4 Å². The monoisotopic (exact) mass is 305 g/mol. The number of hydrogen-bond acceptors (Lipinski definition) is 4. The van der Waals surface area contributed by atoms with Crippen LogP contribution in [0.4, 0.5) is 4.79 Å². The second-order valence-corrected chi connectivity index (χ2v) is 5.95. The average Bonchev–Trinajstić information content (AvgIpc) is 2.68. The highest BCUT2D eigenvalue weighted by molar-refractivity contribution is 6.09. The Morgan fingerprint density at radius 1 is 1.36 bits per heavy atom. The molecule has 2 atom stereocenters. The molecule has 0 radical (unpaired) electrons. The topological polar surface area (TPSA) is 99.6 Å². The van der Waals surface area contributed by atoms with Crippen LogP contribution < -0.4 is 5.32 Å². The van der Waals surface area contributed by atoms with Gasteiger partial charge in [-0.1, -0.05) is 13.8 Å². The number of amides is 3. The molecule has 3 amide bonds. The van der Waals surface area contributed by atoms with Gasteiger partial charge in [-0.3, -0.25) is 9.78 Å². The maximum atomic E-state index is 12.7. The molecule has 118 valence electrons. The second kappa shape index (κ2) is 5.75. The van der Waals surface area contributed by atoms with Crippen LogP contribution in [-0.4, -0.2) is 38.9 Å². The fourth-order valence-electron chi connectivity index (χ4n) is 2.59. The van der Waals surface area contributed by atoms with E-state index in [2.05, 4.69) is 10.3 Å². The number of urea groups is 1. The summed E-state index contributed by atoms with van der Waals surface area (Å²) >= 11 is 0. The van der Waals surface area contributed by atoms with Crippen molar-refractivity contribution in [2.24, 2.45) is 5.92 Å². The molecule has 1 aromatic rings. The van der Waals surface area contributed by atoms with Crippen LogP contribution in [0.25, 0.3) is 0 Å². The number of nitrogens with zero attached hydrogens (tertiary/aromatic N) is 2. The number of imide groups is 1. The smallest absolute Gasteiger partial charge is 0.327 e. The lowest BCUT2D eigenvalue weighted by Crippen LogP contribution is -2.47. The van der Waals surface area contributed by atoms with Crippen LogP contribution in [0.3, 0.4) is 0 Å². The molecule has 1 aliphatic heterocycles. The molecule has 1 aliphatic rings. The first-order valence-corrected chi connectivity index (χ1v) is 7.06. The molecular weight excluding hydrogens is 286 g/mol. The van der Waals surface area contributed by atoms with Crippen molar-refractivity contribution in [1.82, 2.24) is 15.2 Å². The van der Waals surface area contributed by atoms with E-state index in [0.29, 0.717) is 5.56 Å². The number of aliphatic carboxylic acids is 1. The summed E-state index contributed by atoms with van der Waals surface area (Å²) in [5.41, 5.74) is -0.706. The fraction of sp³-hybridized carbons (Fsp3) is 0.467. The molecule has 1 saturated heterocycles.